The zero-order valence-corrected chi connectivity index (χ0v) is 28.4. The number of ether oxygens (including phenoxy) is 5. The fourth-order valence-corrected chi connectivity index (χ4v) is 5.18. The predicted molar refractivity (Wildman–Crippen MR) is 173 cm³/mol. The average Bonchev–Trinajstić information content (AvgIpc) is 3.38. The topological polar surface area (TPSA) is 205 Å². The van der Waals surface area contributed by atoms with Gasteiger partial charge < -0.3 is 38.7 Å². The molecule has 266 valence electrons. The summed E-state index contributed by atoms with van der Waals surface area (Å²) in [6.45, 7) is 0.0995. The van der Waals surface area contributed by atoms with Crippen molar-refractivity contribution in [1.29, 1.82) is 0 Å². The van der Waals surface area contributed by atoms with Crippen LogP contribution in [0.15, 0.2) is 35.7 Å². The Kier molecular flexibility index (Phi) is 13.6. The number of hydrogen-bond acceptors (Lipinski definition) is 13. The number of amides is 4. The first kappa shape index (κ1) is 37.9. The van der Waals surface area contributed by atoms with Gasteiger partial charge in [0.15, 0.2) is 11.5 Å². The molecule has 0 unspecified atom stereocenters. The molecule has 1 aliphatic heterocycles. The van der Waals surface area contributed by atoms with Gasteiger partial charge in [0.25, 0.3) is 21.8 Å². The van der Waals surface area contributed by atoms with E-state index >= 15 is 0 Å². The van der Waals surface area contributed by atoms with Crippen molar-refractivity contribution in [1.82, 2.24) is 15.3 Å². The number of benzene rings is 2. The molecule has 2 N–H and O–H groups in total. The van der Waals surface area contributed by atoms with E-state index in [9.17, 15) is 32.4 Å². The Balaban J connectivity index is 1.51. The van der Waals surface area contributed by atoms with E-state index in [-0.39, 0.29) is 68.3 Å². The quantitative estimate of drug-likeness (QED) is 0.227. The van der Waals surface area contributed by atoms with Crippen molar-refractivity contribution in [3.05, 3.63) is 41.3 Å². The Bertz CT molecular complexity index is 1650. The van der Waals surface area contributed by atoms with E-state index in [1.165, 1.54) is 64.7 Å². The van der Waals surface area contributed by atoms with Gasteiger partial charge in [-0.25, -0.2) is 18.0 Å². The molecule has 0 atom stereocenters. The predicted octanol–water partition coefficient (Wildman–Crippen LogP) is 2.46. The molecular weight excluding hydrogens is 668 g/mol. The van der Waals surface area contributed by atoms with Gasteiger partial charge in [0, 0.05) is 64.0 Å². The molecule has 0 aliphatic carbocycles. The second-order valence-corrected chi connectivity index (χ2v) is 11.9. The number of sulfonamides is 1. The number of likely N-dealkylation sites (N-methyl/N-ethyl adjacent to an activating group) is 1. The van der Waals surface area contributed by atoms with E-state index in [0.29, 0.717) is 27.9 Å². The lowest BCUT2D eigenvalue weighted by Gasteiger charge is -2.18. The van der Waals surface area contributed by atoms with Crippen LogP contribution >= 0.6 is 0 Å². The summed E-state index contributed by atoms with van der Waals surface area (Å²) in [4.78, 5) is 66.0. The second kappa shape index (κ2) is 17.6. The van der Waals surface area contributed by atoms with Crippen LogP contribution in [0.25, 0.3) is 6.08 Å². The molecule has 18 heteroatoms. The molecule has 0 bridgehead atoms. The number of anilines is 1. The van der Waals surface area contributed by atoms with Gasteiger partial charge in [0.2, 0.25) is 5.91 Å². The van der Waals surface area contributed by atoms with Crippen molar-refractivity contribution in [3.63, 3.8) is 0 Å². The minimum atomic E-state index is -4.08. The van der Waals surface area contributed by atoms with E-state index in [1.807, 2.05) is 0 Å². The molecule has 4 amide bonds. The summed E-state index contributed by atoms with van der Waals surface area (Å²) in [5.41, 5.74) is 0.420. The van der Waals surface area contributed by atoms with Gasteiger partial charge in [0.1, 0.15) is 17.2 Å². The molecule has 1 aliphatic rings. The van der Waals surface area contributed by atoms with Crippen molar-refractivity contribution in [3.8, 4) is 28.7 Å². The third kappa shape index (κ3) is 11.0. The molecule has 1 saturated heterocycles. The molecule has 2 aromatic rings. The summed E-state index contributed by atoms with van der Waals surface area (Å²) in [5, 5.41) is 3.86. The zero-order valence-electron chi connectivity index (χ0n) is 27.6. The largest absolute Gasteiger partial charge is 0.496 e. The van der Waals surface area contributed by atoms with Gasteiger partial charge in [0.05, 0.1) is 45.1 Å². The number of rotatable bonds is 17. The lowest BCUT2D eigenvalue weighted by atomic mass is 10.1. The number of nitrogens with zero attached hydrogens (tertiary/aromatic N) is 2. The number of carbonyl (C=O) groups is 5. The lowest BCUT2D eigenvalue weighted by Crippen LogP contribution is -2.37. The summed E-state index contributed by atoms with van der Waals surface area (Å²) in [6.07, 6.45) is 0.284. The smallest absolute Gasteiger partial charge is 0.412 e. The maximum absolute atomic E-state index is 12.9. The third-order valence-electron chi connectivity index (χ3n) is 6.91. The van der Waals surface area contributed by atoms with Crippen molar-refractivity contribution in [2.24, 2.45) is 0 Å². The molecule has 17 nitrogen and oxygen atoms in total. The monoisotopic (exact) mass is 706 g/mol. The fraction of sp³-hybridized carbons (Fsp3) is 0.387. The Morgan fingerprint density at radius 1 is 0.878 bits per heavy atom. The van der Waals surface area contributed by atoms with Crippen LogP contribution in [-0.2, 0) is 34.0 Å². The number of carbonyl (C=O) groups excluding carboxylic acids is 5. The van der Waals surface area contributed by atoms with Crippen LogP contribution in [0, 0.1) is 0 Å². The molecule has 49 heavy (non-hydrogen) atoms. The van der Waals surface area contributed by atoms with E-state index in [0.717, 1.165) is 5.41 Å². The highest BCUT2D eigenvalue weighted by molar-refractivity contribution is 7.95. The summed E-state index contributed by atoms with van der Waals surface area (Å²) < 4.78 is 54.6. The summed E-state index contributed by atoms with van der Waals surface area (Å²) >= 11 is 0. The number of hydrogen-bond donors (Lipinski definition) is 2. The Labute approximate surface area is 283 Å². The number of nitrogens with one attached hydrogen (secondary N) is 2. The molecule has 1 heterocycles. The molecule has 0 aromatic heterocycles. The maximum atomic E-state index is 12.9. The van der Waals surface area contributed by atoms with Crippen LogP contribution in [0.5, 0.6) is 28.7 Å². The average molecular weight is 707 g/mol. The number of imide groups is 1. The molecular formula is C31H38N4O13S. The van der Waals surface area contributed by atoms with Crippen molar-refractivity contribution in [2.75, 3.05) is 53.3 Å². The first-order valence-corrected chi connectivity index (χ1v) is 16.3. The van der Waals surface area contributed by atoms with Crippen LogP contribution in [0.3, 0.4) is 0 Å². The summed E-state index contributed by atoms with van der Waals surface area (Å²) in [5.74, 6) is -1.16. The van der Waals surface area contributed by atoms with E-state index in [4.69, 9.17) is 28.5 Å². The highest BCUT2D eigenvalue weighted by Crippen LogP contribution is 2.35. The first-order chi connectivity index (χ1) is 23.3. The van der Waals surface area contributed by atoms with Gasteiger partial charge in [-0.3, -0.25) is 19.1 Å². The molecule has 0 radical (unpaired) electrons. The van der Waals surface area contributed by atoms with Crippen LogP contribution in [0.2, 0.25) is 0 Å². The number of methoxy groups -OCH3 is 4. The van der Waals surface area contributed by atoms with E-state index in [2.05, 4.69) is 10.0 Å². The van der Waals surface area contributed by atoms with Crippen molar-refractivity contribution in [2.45, 2.75) is 32.1 Å². The minimum absolute atomic E-state index is 0.0000135. The van der Waals surface area contributed by atoms with Gasteiger partial charge in [-0.15, -0.1) is 5.06 Å². The van der Waals surface area contributed by atoms with Crippen molar-refractivity contribution < 1.29 is 60.9 Å². The summed E-state index contributed by atoms with van der Waals surface area (Å²) in [7, 11) is 3.07. The maximum Gasteiger partial charge on any atom is 0.412 e. The summed E-state index contributed by atoms with van der Waals surface area (Å²) in [6, 6.07) is 7.22. The molecule has 2 aromatic carbocycles. The van der Waals surface area contributed by atoms with Gasteiger partial charge in [-0.1, -0.05) is 0 Å². The Hall–Kier alpha value is -5.52. The third-order valence-corrected chi connectivity index (χ3v) is 7.92. The van der Waals surface area contributed by atoms with Crippen LogP contribution < -0.4 is 33.7 Å². The van der Waals surface area contributed by atoms with Crippen LogP contribution in [0.4, 0.5) is 10.5 Å². The fourth-order valence-electron chi connectivity index (χ4n) is 4.34. The Morgan fingerprint density at radius 2 is 1.51 bits per heavy atom. The SMILES string of the molecule is COc1cc(OC)c(/C=C/S(=O)(=O)Nc2ccc(OC)c(OC(=O)NCCN(C)C(=O)CCCC(=O)ON3C(=O)CCC3=O)c2)c(OC)c1. The first-order valence-electron chi connectivity index (χ1n) is 14.8. The molecule has 1 fully saturated rings. The normalized spacial score (nSPS) is 12.8. The molecule has 0 spiro atoms. The van der Waals surface area contributed by atoms with E-state index in [1.54, 1.807) is 12.1 Å². The minimum Gasteiger partial charge on any atom is -0.496 e. The highest BCUT2D eigenvalue weighted by atomic mass is 32.2. The van der Waals surface area contributed by atoms with Gasteiger partial charge >= 0.3 is 12.1 Å². The van der Waals surface area contributed by atoms with Gasteiger partial charge in [-0.2, -0.15) is 0 Å². The highest BCUT2D eigenvalue weighted by Gasteiger charge is 2.32. The molecule has 0 saturated carbocycles. The zero-order chi connectivity index (χ0) is 36.1. The van der Waals surface area contributed by atoms with Crippen LogP contribution in [0.1, 0.15) is 37.7 Å². The van der Waals surface area contributed by atoms with E-state index < -0.39 is 33.9 Å². The molecule has 3 rings (SSSR count). The lowest BCUT2D eigenvalue weighted by molar-refractivity contribution is -0.197. The van der Waals surface area contributed by atoms with Crippen molar-refractivity contribution >= 4 is 51.6 Å². The van der Waals surface area contributed by atoms with Gasteiger partial charge in [-0.05, 0) is 24.6 Å². The standard InChI is InChI=1S/C31H38N4O13S/c1-34(27(36)7-6-8-30(39)48-35-28(37)11-12-29(35)38)15-14-32-31(40)47-26-17-20(9-10-23(26)44-3)33-49(41,42)16-13-22-24(45-4)18-21(43-2)19-25(22)46-5/h9-10,13,16-19,33H,6-8,11-12,14-15H2,1-5H3,(H,32,40)/b16-13+. The van der Waals surface area contributed by atoms with Crippen LogP contribution in [-0.4, -0.2) is 96.7 Å². The second-order valence-electron chi connectivity index (χ2n) is 10.3. The number of hydroxylamine groups is 2. The Morgan fingerprint density at radius 3 is 2.10 bits per heavy atom.